The number of aryl methyl sites for hydroxylation is 2. The van der Waals surface area contributed by atoms with Crippen LogP contribution < -0.4 is 23.4 Å². The quantitative estimate of drug-likeness (QED) is 0.439. The van der Waals surface area contributed by atoms with Gasteiger partial charge >= 0.3 is 11.3 Å². The van der Waals surface area contributed by atoms with Crippen LogP contribution in [0.15, 0.2) is 45.2 Å². The number of fused-ring (bicyclic) bond motifs is 5. The van der Waals surface area contributed by atoms with Crippen LogP contribution in [0.3, 0.4) is 0 Å². The fourth-order valence-electron chi connectivity index (χ4n) is 2.86. The number of benzene rings is 1. The molecule has 1 aliphatic carbocycles. The van der Waals surface area contributed by atoms with Gasteiger partial charge in [-0.1, -0.05) is 0 Å². The van der Waals surface area contributed by atoms with E-state index in [0.717, 1.165) is 44.8 Å². The van der Waals surface area contributed by atoms with Crippen LogP contribution in [0.5, 0.6) is 5.75 Å². The summed E-state index contributed by atoms with van der Waals surface area (Å²) >= 11 is 0. The molecule has 2 aromatic rings. The highest BCUT2D eigenvalue weighted by Gasteiger charge is 2.29. The Morgan fingerprint density at radius 1 is 0.962 bits per heavy atom. The number of ether oxygens (including phenoxy) is 1. The minimum atomic E-state index is -4.94. The average Bonchev–Trinajstić information content (AvgIpc) is 3.06. The van der Waals surface area contributed by atoms with Crippen molar-refractivity contribution >= 4 is 21.9 Å². The molecule has 2 aliphatic rings. The zero-order valence-electron chi connectivity index (χ0n) is 14.2. The summed E-state index contributed by atoms with van der Waals surface area (Å²) in [5.41, 5.74) is 3.88. The lowest BCUT2D eigenvalue weighted by molar-refractivity contribution is -2.00. The molecule has 136 valence electrons. The Morgan fingerprint density at radius 2 is 1.65 bits per heavy atom. The average molecular weight is 379 g/mol. The molecular formula is C18H15ClO7. The van der Waals surface area contributed by atoms with Crippen LogP contribution in [0, 0.1) is 24.1 Å². The molecule has 2 heterocycles. The van der Waals surface area contributed by atoms with Crippen molar-refractivity contribution in [2.24, 2.45) is 0 Å². The van der Waals surface area contributed by atoms with Gasteiger partial charge in [-0.2, -0.15) is 0 Å². The van der Waals surface area contributed by atoms with Gasteiger partial charge in [-0.15, -0.1) is 10.2 Å². The summed E-state index contributed by atoms with van der Waals surface area (Å²) in [6.07, 6.45) is 0. The third-order valence-corrected chi connectivity index (χ3v) is 3.91. The Morgan fingerprint density at radius 3 is 2.31 bits per heavy atom. The highest BCUT2D eigenvalue weighted by Crippen LogP contribution is 2.41. The Labute approximate surface area is 150 Å². The molecule has 1 aliphatic heterocycles. The molecule has 7 nitrogen and oxygen atoms in total. The van der Waals surface area contributed by atoms with E-state index in [0.29, 0.717) is 0 Å². The fraction of sp³-hybridized carbons (Fsp3) is 0.167. The predicted molar refractivity (Wildman–Crippen MR) is 83.0 cm³/mol. The topological polar surface area (TPSA) is 126 Å². The van der Waals surface area contributed by atoms with Crippen LogP contribution >= 0.6 is 0 Å². The molecule has 0 saturated heterocycles. The predicted octanol–water partition coefficient (Wildman–Crippen LogP) is 0.434. The summed E-state index contributed by atoms with van der Waals surface area (Å²) in [4.78, 5) is 0. The first-order chi connectivity index (χ1) is 12.2. The van der Waals surface area contributed by atoms with E-state index in [4.69, 9.17) is 32.2 Å². The van der Waals surface area contributed by atoms with Gasteiger partial charge < -0.3 is 9.15 Å². The van der Waals surface area contributed by atoms with Crippen molar-refractivity contribution in [1.82, 2.24) is 0 Å². The Hall–Kier alpha value is -2.42. The lowest BCUT2D eigenvalue weighted by atomic mass is 10.1. The maximum absolute atomic E-state index is 8.49. The molecule has 0 fully saturated rings. The van der Waals surface area contributed by atoms with Gasteiger partial charge in [-0.25, -0.2) is 23.1 Å². The van der Waals surface area contributed by atoms with Crippen LogP contribution in [0.25, 0.3) is 33.3 Å². The first kappa shape index (κ1) is 18.4. The second-order valence-electron chi connectivity index (χ2n) is 5.70. The van der Waals surface area contributed by atoms with E-state index in [1.165, 1.54) is 5.56 Å². The van der Waals surface area contributed by atoms with Gasteiger partial charge in [0, 0.05) is 17.5 Å². The third-order valence-electron chi connectivity index (χ3n) is 3.91. The van der Waals surface area contributed by atoms with Gasteiger partial charge in [0.05, 0.1) is 7.11 Å². The lowest BCUT2D eigenvalue weighted by Gasteiger charge is -2.17. The van der Waals surface area contributed by atoms with E-state index in [9.17, 15) is 0 Å². The highest BCUT2D eigenvalue weighted by molar-refractivity contribution is 6.07. The summed E-state index contributed by atoms with van der Waals surface area (Å²) in [7, 11) is -3.28. The van der Waals surface area contributed by atoms with Crippen molar-refractivity contribution in [3.05, 3.63) is 47.7 Å². The molecule has 0 radical (unpaired) electrons. The minimum Gasteiger partial charge on any atom is -0.497 e. The van der Waals surface area contributed by atoms with Gasteiger partial charge in [0.1, 0.15) is 22.5 Å². The Kier molecular flexibility index (Phi) is 4.74. The number of furan rings is 2. The zero-order chi connectivity index (χ0) is 19.1. The molecule has 0 amide bonds. The second kappa shape index (κ2) is 6.71. The van der Waals surface area contributed by atoms with Gasteiger partial charge in [-0.05, 0) is 43.7 Å². The summed E-state index contributed by atoms with van der Waals surface area (Å²) in [5.74, 6) is 2.54. The van der Waals surface area contributed by atoms with Crippen molar-refractivity contribution in [1.29, 1.82) is 0 Å². The van der Waals surface area contributed by atoms with Crippen molar-refractivity contribution < 1.29 is 42.5 Å². The summed E-state index contributed by atoms with van der Waals surface area (Å²) in [5, 5.41) is 2.13. The van der Waals surface area contributed by atoms with Crippen molar-refractivity contribution in [3.8, 4) is 17.1 Å². The van der Waals surface area contributed by atoms with Crippen LogP contribution in [0.2, 0.25) is 0 Å². The van der Waals surface area contributed by atoms with E-state index < -0.39 is 10.2 Å². The maximum Gasteiger partial charge on any atom is 0.365 e. The van der Waals surface area contributed by atoms with Crippen molar-refractivity contribution in [2.75, 3.05) is 7.11 Å². The van der Waals surface area contributed by atoms with Crippen LogP contribution in [-0.2, 0) is 0 Å². The molecule has 1 aromatic heterocycles. The molecular weight excluding hydrogens is 364 g/mol. The SMILES string of the molecule is COc1ccc2[o+]c3ccc(C)c4cc(C)oc4c-3c2c1.[O-][Cl+3]([O-])([O-])[O-]. The minimum absolute atomic E-state index is 0.810. The molecule has 0 bridgehead atoms. The van der Waals surface area contributed by atoms with Crippen LogP contribution in [0.1, 0.15) is 11.3 Å². The first-order valence-electron chi connectivity index (χ1n) is 7.52. The third kappa shape index (κ3) is 3.72. The lowest BCUT2D eigenvalue weighted by Crippen LogP contribution is -2.68. The van der Waals surface area contributed by atoms with E-state index >= 15 is 0 Å². The van der Waals surface area contributed by atoms with Crippen molar-refractivity contribution in [3.63, 3.8) is 0 Å². The second-order valence-corrected chi connectivity index (χ2v) is 6.45. The van der Waals surface area contributed by atoms with Crippen LogP contribution in [-0.4, -0.2) is 7.11 Å². The summed E-state index contributed by atoms with van der Waals surface area (Å²) in [6, 6.07) is 12.0. The maximum atomic E-state index is 8.49. The normalized spacial score (nSPS) is 11.7. The van der Waals surface area contributed by atoms with E-state index in [2.05, 4.69) is 19.1 Å². The first-order valence-corrected chi connectivity index (χ1v) is 8.76. The van der Waals surface area contributed by atoms with Gasteiger partial charge in [-0.3, -0.25) is 0 Å². The molecule has 0 N–H and O–H groups in total. The Balaban J connectivity index is 0.000000349. The fourth-order valence-corrected chi connectivity index (χ4v) is 2.86. The van der Waals surface area contributed by atoms with Gasteiger partial charge in [0.25, 0.3) is 0 Å². The molecule has 0 spiro atoms. The number of rotatable bonds is 1. The zero-order valence-corrected chi connectivity index (χ0v) is 15.0. The number of hydrogen-bond acceptors (Lipinski definition) is 6. The molecule has 0 saturated carbocycles. The number of halogens is 1. The number of methoxy groups -OCH3 is 1. The smallest absolute Gasteiger partial charge is 0.365 e. The monoisotopic (exact) mass is 378 g/mol. The molecule has 1 aromatic carbocycles. The van der Waals surface area contributed by atoms with E-state index in [-0.39, 0.29) is 0 Å². The molecule has 0 atom stereocenters. The number of hydrogen-bond donors (Lipinski definition) is 0. The van der Waals surface area contributed by atoms with Gasteiger partial charge in [0.2, 0.25) is 0 Å². The summed E-state index contributed by atoms with van der Waals surface area (Å²) in [6.45, 7) is 4.05. The largest absolute Gasteiger partial charge is 0.497 e. The van der Waals surface area contributed by atoms with Crippen molar-refractivity contribution in [2.45, 2.75) is 13.8 Å². The van der Waals surface area contributed by atoms with E-state index in [1.807, 2.05) is 31.2 Å². The Bertz CT molecular complexity index is 1040. The molecule has 8 heteroatoms. The standard InChI is InChI=1S/C18H15O3.ClHO4/c1-10-4-6-16-17(18-13(10)8-11(2)20-18)14-9-12(19-3)5-7-15(14)21-16;2-1(3,4)5/h4-9H,1-3H3;(H,2,3,4,5)/q+1;/p-1. The molecule has 0 unspecified atom stereocenters. The van der Waals surface area contributed by atoms with E-state index in [1.54, 1.807) is 7.11 Å². The molecule has 4 rings (SSSR count). The molecule has 26 heavy (non-hydrogen) atoms. The highest BCUT2D eigenvalue weighted by atomic mass is 35.7. The van der Waals surface area contributed by atoms with Crippen LogP contribution in [0.4, 0.5) is 0 Å². The van der Waals surface area contributed by atoms with Gasteiger partial charge in [0.15, 0.2) is 5.58 Å². The summed E-state index contributed by atoms with van der Waals surface area (Å²) < 4.78 is 51.2.